The molecule has 0 bridgehead atoms. The van der Waals surface area contributed by atoms with Gasteiger partial charge in [0.25, 0.3) is 0 Å². The van der Waals surface area contributed by atoms with Gasteiger partial charge < -0.3 is 5.11 Å². The van der Waals surface area contributed by atoms with Crippen LogP contribution in [0.2, 0.25) is 0 Å². The number of aromatic amines is 1. The summed E-state index contributed by atoms with van der Waals surface area (Å²) in [7, 11) is 0. The Balaban J connectivity index is 1.91. The summed E-state index contributed by atoms with van der Waals surface area (Å²) < 4.78 is 0. The van der Waals surface area contributed by atoms with E-state index in [-0.39, 0.29) is 6.42 Å². The fourth-order valence-corrected chi connectivity index (χ4v) is 1.60. The number of aliphatic carboxylic acids is 1. The number of hydrogen-bond acceptors (Lipinski definition) is 4. The highest BCUT2D eigenvalue weighted by molar-refractivity contribution is 5.66. The Labute approximate surface area is 80.9 Å². The van der Waals surface area contributed by atoms with Gasteiger partial charge in [-0.05, 0) is 0 Å². The third-order valence-corrected chi connectivity index (χ3v) is 2.38. The molecule has 1 aliphatic heterocycles. The number of nitrogens with zero attached hydrogens (tertiary/aromatic N) is 3. The summed E-state index contributed by atoms with van der Waals surface area (Å²) in [6.45, 7) is 2.16. The predicted octanol–water partition coefficient (Wildman–Crippen LogP) is -0.363. The molecule has 0 atom stereocenters. The van der Waals surface area contributed by atoms with Gasteiger partial charge >= 0.3 is 5.97 Å². The topological polar surface area (TPSA) is 82.1 Å². The van der Waals surface area contributed by atoms with Crippen LogP contribution in [-0.2, 0) is 17.8 Å². The standard InChI is InChI=1S/C8H12N4O2/c13-8(14)2-4-12-3-1-6-7(5-12)10-11-9-6/h1-5H2,(H,13,14)(H,9,10,11). The van der Waals surface area contributed by atoms with Gasteiger partial charge in [-0.3, -0.25) is 9.69 Å². The molecule has 0 saturated carbocycles. The third kappa shape index (κ3) is 1.90. The summed E-state index contributed by atoms with van der Waals surface area (Å²) in [6, 6.07) is 0. The molecular weight excluding hydrogens is 184 g/mol. The van der Waals surface area contributed by atoms with Gasteiger partial charge in [0.2, 0.25) is 0 Å². The van der Waals surface area contributed by atoms with Crippen molar-refractivity contribution in [3.8, 4) is 0 Å². The Morgan fingerprint density at radius 1 is 1.50 bits per heavy atom. The molecule has 1 aromatic heterocycles. The lowest BCUT2D eigenvalue weighted by atomic mass is 10.1. The van der Waals surface area contributed by atoms with E-state index in [0.717, 1.165) is 24.4 Å². The number of carboxylic acids is 1. The zero-order chi connectivity index (χ0) is 9.97. The monoisotopic (exact) mass is 196 g/mol. The minimum atomic E-state index is -0.754. The molecule has 0 spiro atoms. The number of rotatable bonds is 3. The summed E-state index contributed by atoms with van der Waals surface area (Å²) in [5, 5.41) is 19.1. The van der Waals surface area contributed by atoms with Gasteiger partial charge in [0.15, 0.2) is 0 Å². The molecule has 0 amide bonds. The lowest BCUT2D eigenvalue weighted by Gasteiger charge is -2.24. The predicted molar refractivity (Wildman–Crippen MR) is 47.6 cm³/mol. The highest BCUT2D eigenvalue weighted by Crippen LogP contribution is 2.13. The zero-order valence-corrected chi connectivity index (χ0v) is 7.73. The van der Waals surface area contributed by atoms with Crippen molar-refractivity contribution >= 4 is 5.97 Å². The average Bonchev–Trinajstić information content (AvgIpc) is 2.61. The summed E-state index contributed by atoms with van der Waals surface area (Å²) in [5.41, 5.74) is 1.96. The van der Waals surface area contributed by atoms with Gasteiger partial charge in [-0.25, -0.2) is 0 Å². The van der Waals surface area contributed by atoms with Crippen LogP contribution in [0, 0.1) is 0 Å². The van der Waals surface area contributed by atoms with Crippen LogP contribution in [0.4, 0.5) is 0 Å². The summed E-state index contributed by atoms with van der Waals surface area (Å²) >= 11 is 0. The first-order chi connectivity index (χ1) is 6.75. The van der Waals surface area contributed by atoms with Crippen molar-refractivity contribution in [1.29, 1.82) is 0 Å². The smallest absolute Gasteiger partial charge is 0.304 e. The van der Waals surface area contributed by atoms with E-state index in [1.165, 1.54) is 0 Å². The van der Waals surface area contributed by atoms with E-state index in [9.17, 15) is 4.79 Å². The Kier molecular flexibility index (Phi) is 2.45. The second-order valence-corrected chi connectivity index (χ2v) is 3.39. The van der Waals surface area contributed by atoms with Crippen LogP contribution < -0.4 is 0 Å². The van der Waals surface area contributed by atoms with Gasteiger partial charge in [0, 0.05) is 26.1 Å². The third-order valence-electron chi connectivity index (χ3n) is 2.38. The first-order valence-corrected chi connectivity index (χ1v) is 4.58. The summed E-state index contributed by atoms with van der Waals surface area (Å²) in [6.07, 6.45) is 1.04. The molecule has 0 saturated heterocycles. The van der Waals surface area contributed by atoms with Crippen molar-refractivity contribution in [2.24, 2.45) is 0 Å². The second-order valence-electron chi connectivity index (χ2n) is 3.39. The quantitative estimate of drug-likeness (QED) is 0.689. The largest absolute Gasteiger partial charge is 0.481 e. The molecule has 1 aliphatic rings. The van der Waals surface area contributed by atoms with Crippen LogP contribution in [0.25, 0.3) is 0 Å². The molecule has 14 heavy (non-hydrogen) atoms. The van der Waals surface area contributed by atoms with E-state index in [4.69, 9.17) is 5.11 Å². The number of fused-ring (bicyclic) bond motifs is 1. The van der Waals surface area contributed by atoms with Crippen LogP contribution in [0.5, 0.6) is 0 Å². The van der Waals surface area contributed by atoms with Crippen molar-refractivity contribution in [1.82, 2.24) is 20.3 Å². The van der Waals surface area contributed by atoms with Crippen molar-refractivity contribution in [3.63, 3.8) is 0 Å². The first kappa shape index (κ1) is 9.14. The molecule has 6 heteroatoms. The molecule has 0 radical (unpaired) electrons. The molecule has 1 aromatic rings. The SMILES string of the molecule is O=C(O)CCN1CCc2n[nH]nc2C1. The molecule has 0 unspecified atom stereocenters. The molecular formula is C8H12N4O2. The molecule has 0 aliphatic carbocycles. The molecule has 0 aromatic carbocycles. The molecule has 2 heterocycles. The normalized spacial score (nSPS) is 16.6. The summed E-state index contributed by atoms with van der Waals surface area (Å²) in [5.74, 6) is -0.754. The average molecular weight is 196 g/mol. The Morgan fingerprint density at radius 3 is 3.07 bits per heavy atom. The molecule has 2 rings (SSSR count). The van der Waals surface area contributed by atoms with E-state index in [0.29, 0.717) is 13.1 Å². The Bertz CT molecular complexity index is 336. The molecule has 0 fully saturated rings. The minimum Gasteiger partial charge on any atom is -0.481 e. The Morgan fingerprint density at radius 2 is 2.29 bits per heavy atom. The van der Waals surface area contributed by atoms with E-state index >= 15 is 0 Å². The maximum absolute atomic E-state index is 10.4. The fraction of sp³-hybridized carbons (Fsp3) is 0.625. The van der Waals surface area contributed by atoms with Crippen LogP contribution in [-0.4, -0.2) is 44.5 Å². The summed E-state index contributed by atoms with van der Waals surface area (Å²) in [4.78, 5) is 12.5. The molecule has 76 valence electrons. The number of H-pyrrole nitrogens is 1. The Hall–Kier alpha value is -1.43. The minimum absolute atomic E-state index is 0.188. The highest BCUT2D eigenvalue weighted by atomic mass is 16.4. The number of carbonyl (C=O) groups is 1. The zero-order valence-electron chi connectivity index (χ0n) is 7.73. The first-order valence-electron chi connectivity index (χ1n) is 4.58. The second kappa shape index (κ2) is 3.75. The maximum Gasteiger partial charge on any atom is 0.304 e. The van der Waals surface area contributed by atoms with Gasteiger partial charge in [0.1, 0.15) is 0 Å². The maximum atomic E-state index is 10.4. The van der Waals surface area contributed by atoms with Crippen LogP contribution >= 0.6 is 0 Å². The number of nitrogens with one attached hydrogen (secondary N) is 1. The van der Waals surface area contributed by atoms with E-state index < -0.39 is 5.97 Å². The van der Waals surface area contributed by atoms with E-state index in [1.54, 1.807) is 0 Å². The lowest BCUT2D eigenvalue weighted by molar-refractivity contribution is -0.137. The highest BCUT2D eigenvalue weighted by Gasteiger charge is 2.19. The fourth-order valence-electron chi connectivity index (χ4n) is 1.60. The van der Waals surface area contributed by atoms with E-state index in [1.807, 2.05) is 0 Å². The number of aromatic nitrogens is 3. The van der Waals surface area contributed by atoms with Gasteiger partial charge in [-0.1, -0.05) is 0 Å². The van der Waals surface area contributed by atoms with Crippen LogP contribution in [0.1, 0.15) is 17.8 Å². The number of hydrogen-bond donors (Lipinski definition) is 2. The van der Waals surface area contributed by atoms with E-state index in [2.05, 4.69) is 20.3 Å². The molecule has 6 nitrogen and oxygen atoms in total. The van der Waals surface area contributed by atoms with Gasteiger partial charge in [-0.2, -0.15) is 15.4 Å². The number of carboxylic acid groups (broad SMARTS) is 1. The van der Waals surface area contributed by atoms with Crippen LogP contribution in [0.15, 0.2) is 0 Å². The van der Waals surface area contributed by atoms with Crippen molar-refractivity contribution < 1.29 is 9.90 Å². The van der Waals surface area contributed by atoms with Gasteiger partial charge in [-0.15, -0.1) is 0 Å². The van der Waals surface area contributed by atoms with Crippen molar-refractivity contribution in [3.05, 3.63) is 11.4 Å². The molecule has 2 N–H and O–H groups in total. The van der Waals surface area contributed by atoms with Gasteiger partial charge in [0.05, 0.1) is 17.8 Å². The lowest BCUT2D eigenvalue weighted by Crippen LogP contribution is -2.32. The van der Waals surface area contributed by atoms with Crippen molar-refractivity contribution in [2.45, 2.75) is 19.4 Å². The van der Waals surface area contributed by atoms with Crippen molar-refractivity contribution in [2.75, 3.05) is 13.1 Å². The van der Waals surface area contributed by atoms with Crippen LogP contribution in [0.3, 0.4) is 0 Å².